The molecule has 4 heteroatoms. The first kappa shape index (κ1) is 48.3. The molecule has 0 bridgehead atoms. The summed E-state index contributed by atoms with van der Waals surface area (Å²) in [5, 5.41) is 10.3. The van der Waals surface area contributed by atoms with Crippen LogP contribution in [0.25, 0.3) is 0 Å². The van der Waals surface area contributed by atoms with E-state index < -0.39 is 12.1 Å². The minimum Gasteiger partial charge on any atom is -0.449 e. The standard InChI is InChI=1S/C53H94O4/c54-52(57-53(55)56)51(49(45-37-29-21-13-5-1-6-14-22-30-38-45)46-39-31-23-15-7-2-8-16-24-32-40-46)50(47-41-33-25-17-9-3-10-18-26-34-42-47)48-43-35-27-19-11-4-12-20-28-36-44-48/h45-49H,1-44H2,(H,55,56). The second-order valence-electron chi connectivity index (χ2n) is 20.0. The molecule has 0 amide bonds. The fourth-order valence-electron chi connectivity index (χ4n) is 12.3. The summed E-state index contributed by atoms with van der Waals surface area (Å²) in [5.41, 5.74) is 2.40. The first-order valence-electron chi connectivity index (χ1n) is 26.3. The predicted molar refractivity (Wildman–Crippen MR) is 242 cm³/mol. The zero-order chi connectivity index (χ0) is 40.0. The van der Waals surface area contributed by atoms with Crippen molar-refractivity contribution in [2.24, 2.45) is 29.6 Å². The van der Waals surface area contributed by atoms with Crippen LogP contribution in [0.1, 0.15) is 283 Å². The van der Waals surface area contributed by atoms with Crippen molar-refractivity contribution in [1.82, 2.24) is 0 Å². The molecule has 330 valence electrons. The van der Waals surface area contributed by atoms with Crippen LogP contribution in [0.2, 0.25) is 0 Å². The Balaban J connectivity index is 1.92. The van der Waals surface area contributed by atoms with Crippen LogP contribution in [0.4, 0.5) is 4.79 Å². The molecule has 0 aromatic rings. The van der Waals surface area contributed by atoms with Gasteiger partial charge in [0, 0.05) is 5.57 Å². The number of esters is 1. The molecule has 4 rings (SSSR count). The third kappa shape index (κ3) is 20.2. The summed E-state index contributed by atoms with van der Waals surface area (Å²) >= 11 is 0. The van der Waals surface area contributed by atoms with Crippen LogP contribution >= 0.6 is 0 Å². The van der Waals surface area contributed by atoms with Gasteiger partial charge in [-0.05, 0) is 81.0 Å². The van der Waals surface area contributed by atoms with Crippen molar-refractivity contribution in [2.45, 2.75) is 283 Å². The van der Waals surface area contributed by atoms with Crippen LogP contribution in [0.15, 0.2) is 11.1 Å². The van der Waals surface area contributed by atoms with E-state index in [1.54, 1.807) is 0 Å². The lowest BCUT2D eigenvalue weighted by Gasteiger charge is -2.40. The lowest BCUT2D eigenvalue weighted by atomic mass is 9.64. The van der Waals surface area contributed by atoms with E-state index in [9.17, 15) is 9.90 Å². The highest BCUT2D eigenvalue weighted by atomic mass is 16.7. The van der Waals surface area contributed by atoms with E-state index in [1.165, 1.54) is 262 Å². The van der Waals surface area contributed by atoms with Gasteiger partial charge in [0.2, 0.25) is 0 Å². The molecule has 1 N–H and O–H groups in total. The van der Waals surface area contributed by atoms with Crippen LogP contribution in [0, 0.1) is 29.6 Å². The molecule has 0 aliphatic heterocycles. The molecule has 0 radical (unpaired) electrons. The van der Waals surface area contributed by atoms with Crippen molar-refractivity contribution in [3.8, 4) is 0 Å². The zero-order valence-electron chi connectivity index (χ0n) is 37.7. The van der Waals surface area contributed by atoms with Gasteiger partial charge in [-0.1, -0.05) is 237 Å². The minimum absolute atomic E-state index is 0.125. The average Bonchev–Trinajstić information content (AvgIpc) is 3.17. The first-order valence-corrected chi connectivity index (χ1v) is 26.3. The number of carbonyl (C=O) groups is 2. The number of carboxylic acid groups (broad SMARTS) is 1. The van der Waals surface area contributed by atoms with Gasteiger partial charge in [0.1, 0.15) is 0 Å². The molecule has 0 atom stereocenters. The SMILES string of the molecule is O=C(O)OC(=O)C(=C(C1CCCCCCCCCCC1)C1CCCCCCCCCCC1)C(C1CCCCCCCCCCC1)C1CCCCCCCCCCC1. The highest BCUT2D eigenvalue weighted by Gasteiger charge is 2.41. The zero-order valence-corrected chi connectivity index (χ0v) is 37.7. The van der Waals surface area contributed by atoms with Crippen molar-refractivity contribution in [2.75, 3.05) is 0 Å². The number of hydrogen-bond donors (Lipinski definition) is 1. The second kappa shape index (κ2) is 31.5. The largest absolute Gasteiger partial charge is 0.513 e. The summed E-state index contributed by atoms with van der Waals surface area (Å²) in [6.45, 7) is 0. The Hall–Kier alpha value is -1.32. The van der Waals surface area contributed by atoms with Gasteiger partial charge in [0.15, 0.2) is 0 Å². The smallest absolute Gasteiger partial charge is 0.449 e. The molecule has 4 fully saturated rings. The van der Waals surface area contributed by atoms with Crippen molar-refractivity contribution < 1.29 is 19.4 Å². The number of carbonyl (C=O) groups excluding carboxylic acids is 1. The van der Waals surface area contributed by atoms with Gasteiger partial charge < -0.3 is 9.84 Å². The highest BCUT2D eigenvalue weighted by molar-refractivity contribution is 5.95. The van der Waals surface area contributed by atoms with Crippen LogP contribution < -0.4 is 0 Å². The molecule has 4 aliphatic carbocycles. The number of allylic oxidation sites excluding steroid dienone is 1. The summed E-state index contributed by atoms with van der Waals surface area (Å²) in [7, 11) is 0. The topological polar surface area (TPSA) is 63.6 Å². The molecular weight excluding hydrogens is 701 g/mol. The molecule has 0 heterocycles. The molecule has 57 heavy (non-hydrogen) atoms. The molecule has 4 aliphatic rings. The minimum atomic E-state index is -1.40. The maximum Gasteiger partial charge on any atom is 0.513 e. The third-order valence-corrected chi connectivity index (χ3v) is 15.4. The molecule has 0 aromatic carbocycles. The fraction of sp³-hybridized carbons (Fsp3) is 0.925. The van der Waals surface area contributed by atoms with Gasteiger partial charge in [-0.25, -0.2) is 9.59 Å². The lowest BCUT2D eigenvalue weighted by molar-refractivity contribution is -0.136. The van der Waals surface area contributed by atoms with Gasteiger partial charge in [-0.2, -0.15) is 0 Å². The van der Waals surface area contributed by atoms with Crippen LogP contribution in [-0.4, -0.2) is 17.2 Å². The monoisotopic (exact) mass is 795 g/mol. The van der Waals surface area contributed by atoms with Gasteiger partial charge >= 0.3 is 12.1 Å². The Morgan fingerprint density at radius 3 is 0.772 bits per heavy atom. The van der Waals surface area contributed by atoms with E-state index in [-0.39, 0.29) is 5.92 Å². The summed E-state index contributed by atoms with van der Waals surface area (Å²) in [6, 6.07) is 0. The van der Waals surface area contributed by atoms with E-state index in [4.69, 9.17) is 4.74 Å². The van der Waals surface area contributed by atoms with Gasteiger partial charge in [0.25, 0.3) is 0 Å². The summed E-state index contributed by atoms with van der Waals surface area (Å²) in [4.78, 5) is 27.9. The lowest BCUT2D eigenvalue weighted by Crippen LogP contribution is -2.34. The third-order valence-electron chi connectivity index (χ3n) is 15.4. The average molecular weight is 795 g/mol. The van der Waals surface area contributed by atoms with Gasteiger partial charge in [-0.3, -0.25) is 0 Å². The van der Waals surface area contributed by atoms with E-state index in [1.807, 2.05) is 0 Å². The Bertz CT molecular complexity index is 953. The first-order chi connectivity index (χ1) is 28.1. The quantitative estimate of drug-likeness (QED) is 0.165. The van der Waals surface area contributed by atoms with E-state index in [0.717, 1.165) is 31.3 Å². The maximum absolute atomic E-state index is 15.3. The van der Waals surface area contributed by atoms with E-state index in [0.29, 0.717) is 23.7 Å². The van der Waals surface area contributed by atoms with E-state index >= 15 is 4.79 Å². The van der Waals surface area contributed by atoms with Crippen molar-refractivity contribution in [3.05, 3.63) is 11.1 Å². The predicted octanol–water partition coefficient (Wildman–Crippen LogP) is 17.8. The normalized spacial score (nSPS) is 24.3. The Labute approximate surface area is 353 Å². The summed E-state index contributed by atoms with van der Waals surface area (Å²) in [6.07, 6.45) is 55.3. The van der Waals surface area contributed by atoms with Gasteiger partial charge in [0.05, 0.1) is 0 Å². The van der Waals surface area contributed by atoms with Crippen LogP contribution in [-0.2, 0) is 9.53 Å². The van der Waals surface area contributed by atoms with Crippen molar-refractivity contribution in [3.63, 3.8) is 0 Å². The molecule has 0 aromatic heterocycles. The molecule has 0 saturated heterocycles. The summed E-state index contributed by atoms with van der Waals surface area (Å²) < 4.78 is 5.61. The Morgan fingerprint density at radius 2 is 0.544 bits per heavy atom. The molecular formula is C53H94O4. The fourth-order valence-corrected chi connectivity index (χ4v) is 12.3. The Kier molecular flexibility index (Phi) is 26.8. The Morgan fingerprint density at radius 1 is 0.333 bits per heavy atom. The van der Waals surface area contributed by atoms with Gasteiger partial charge in [-0.15, -0.1) is 0 Å². The molecule has 0 spiro atoms. The molecule has 4 saturated carbocycles. The summed E-state index contributed by atoms with van der Waals surface area (Å²) in [5.74, 6) is 1.30. The molecule has 4 nitrogen and oxygen atoms in total. The van der Waals surface area contributed by atoms with E-state index in [2.05, 4.69) is 0 Å². The number of ether oxygens (including phenoxy) is 1. The highest BCUT2D eigenvalue weighted by Crippen LogP contribution is 2.48. The maximum atomic E-state index is 15.3. The number of hydrogen-bond acceptors (Lipinski definition) is 3. The van der Waals surface area contributed by atoms with Crippen molar-refractivity contribution in [1.29, 1.82) is 0 Å². The van der Waals surface area contributed by atoms with Crippen LogP contribution in [0.3, 0.4) is 0 Å². The number of rotatable bonds is 6. The van der Waals surface area contributed by atoms with Crippen molar-refractivity contribution >= 4 is 12.1 Å². The molecule has 0 unspecified atom stereocenters. The van der Waals surface area contributed by atoms with Crippen LogP contribution in [0.5, 0.6) is 0 Å². The second-order valence-corrected chi connectivity index (χ2v) is 20.0.